The summed E-state index contributed by atoms with van der Waals surface area (Å²) in [4.78, 5) is 0. The molecule has 0 aromatic carbocycles. The van der Waals surface area contributed by atoms with E-state index in [0.29, 0.717) is 12.1 Å². The normalized spacial score (nSPS) is 15.3. The van der Waals surface area contributed by atoms with Crippen LogP contribution in [0.15, 0.2) is 12.7 Å². The second-order valence-electron chi connectivity index (χ2n) is 3.27. The summed E-state index contributed by atoms with van der Waals surface area (Å²) in [7, 11) is 1.72. The van der Waals surface area contributed by atoms with Crippen LogP contribution in [0.25, 0.3) is 0 Å². The van der Waals surface area contributed by atoms with Gasteiger partial charge >= 0.3 is 0 Å². The third-order valence-electron chi connectivity index (χ3n) is 1.98. The van der Waals surface area contributed by atoms with Crippen molar-refractivity contribution in [3.63, 3.8) is 0 Å². The quantitative estimate of drug-likeness (QED) is 0.554. The molecule has 0 aliphatic carbocycles. The summed E-state index contributed by atoms with van der Waals surface area (Å²) in [6, 6.07) is 0.722. The number of nitrogens with one attached hydrogen (secondary N) is 1. The Morgan fingerprint density at radius 3 is 2.77 bits per heavy atom. The molecular weight excluding hydrogens is 164 g/mol. The van der Waals surface area contributed by atoms with Gasteiger partial charge in [0.1, 0.15) is 0 Å². The molecule has 0 aliphatic heterocycles. The second kappa shape index (κ2) is 8.23. The van der Waals surface area contributed by atoms with Crippen molar-refractivity contribution < 1.29 is 4.74 Å². The first kappa shape index (κ1) is 12.6. The van der Waals surface area contributed by atoms with Crippen molar-refractivity contribution in [3.8, 4) is 0 Å². The Labute approximate surface area is 81.3 Å². The molecule has 78 valence electrons. The maximum atomic E-state index is 5.45. The van der Waals surface area contributed by atoms with Gasteiger partial charge in [-0.2, -0.15) is 0 Å². The van der Waals surface area contributed by atoms with E-state index in [0.717, 1.165) is 26.0 Å². The van der Waals surface area contributed by atoms with E-state index >= 15 is 0 Å². The van der Waals surface area contributed by atoms with Crippen LogP contribution in [0.5, 0.6) is 0 Å². The van der Waals surface area contributed by atoms with Gasteiger partial charge in [-0.25, -0.2) is 0 Å². The number of hydrogen-bond donors (Lipinski definition) is 2. The standard InChI is InChI=1S/C10H22N2O/c1-4-9(2)12-10(8-13-3)6-5-7-11/h4,9-10,12H,1,5-8,11H2,2-3H3. The Hall–Kier alpha value is -0.380. The van der Waals surface area contributed by atoms with E-state index in [9.17, 15) is 0 Å². The number of methoxy groups -OCH3 is 1. The molecule has 13 heavy (non-hydrogen) atoms. The minimum atomic E-state index is 0.331. The molecule has 0 bridgehead atoms. The van der Waals surface area contributed by atoms with Gasteiger partial charge in [0, 0.05) is 19.2 Å². The van der Waals surface area contributed by atoms with Crippen molar-refractivity contribution in [1.82, 2.24) is 5.32 Å². The van der Waals surface area contributed by atoms with Crippen LogP contribution in [0.4, 0.5) is 0 Å². The molecular formula is C10H22N2O. The Morgan fingerprint density at radius 1 is 1.62 bits per heavy atom. The van der Waals surface area contributed by atoms with Crippen molar-refractivity contribution >= 4 is 0 Å². The summed E-state index contributed by atoms with van der Waals surface area (Å²) in [5.74, 6) is 0. The summed E-state index contributed by atoms with van der Waals surface area (Å²) < 4.78 is 5.11. The lowest BCUT2D eigenvalue weighted by Crippen LogP contribution is -2.38. The number of rotatable bonds is 8. The lowest BCUT2D eigenvalue weighted by atomic mass is 10.1. The molecule has 0 radical (unpaired) electrons. The maximum Gasteiger partial charge on any atom is 0.0616 e. The molecule has 3 heteroatoms. The first-order chi connectivity index (χ1) is 6.24. The molecule has 0 aromatic rings. The van der Waals surface area contributed by atoms with Crippen molar-refractivity contribution in [2.75, 3.05) is 20.3 Å². The van der Waals surface area contributed by atoms with Crippen LogP contribution in [-0.4, -0.2) is 32.3 Å². The average Bonchev–Trinajstić information content (AvgIpc) is 2.14. The zero-order valence-electron chi connectivity index (χ0n) is 8.75. The highest BCUT2D eigenvalue weighted by Crippen LogP contribution is 1.98. The maximum absolute atomic E-state index is 5.45. The lowest BCUT2D eigenvalue weighted by molar-refractivity contribution is 0.159. The summed E-state index contributed by atoms with van der Waals surface area (Å²) >= 11 is 0. The third kappa shape index (κ3) is 6.75. The minimum absolute atomic E-state index is 0.331. The number of ether oxygens (including phenoxy) is 1. The molecule has 0 aliphatic rings. The SMILES string of the molecule is C=CC(C)NC(CCCN)COC. The molecule has 0 saturated heterocycles. The fourth-order valence-electron chi connectivity index (χ4n) is 1.22. The first-order valence-corrected chi connectivity index (χ1v) is 4.82. The van der Waals surface area contributed by atoms with E-state index in [2.05, 4.69) is 18.8 Å². The molecule has 0 aromatic heterocycles. The van der Waals surface area contributed by atoms with Crippen LogP contribution in [-0.2, 0) is 4.74 Å². The van der Waals surface area contributed by atoms with Crippen LogP contribution in [0.1, 0.15) is 19.8 Å². The summed E-state index contributed by atoms with van der Waals surface area (Å²) in [5.41, 5.74) is 5.45. The van der Waals surface area contributed by atoms with Crippen molar-refractivity contribution in [1.29, 1.82) is 0 Å². The molecule has 0 saturated carbocycles. The second-order valence-corrected chi connectivity index (χ2v) is 3.27. The summed E-state index contributed by atoms with van der Waals surface area (Å²) in [6.45, 7) is 7.28. The van der Waals surface area contributed by atoms with E-state index in [1.165, 1.54) is 0 Å². The lowest BCUT2D eigenvalue weighted by Gasteiger charge is -2.20. The van der Waals surface area contributed by atoms with Gasteiger partial charge in [0.2, 0.25) is 0 Å². The third-order valence-corrected chi connectivity index (χ3v) is 1.98. The Balaban J connectivity index is 3.71. The van der Waals surface area contributed by atoms with Crippen LogP contribution in [0, 0.1) is 0 Å². The molecule has 2 unspecified atom stereocenters. The van der Waals surface area contributed by atoms with E-state index < -0.39 is 0 Å². The zero-order chi connectivity index (χ0) is 10.1. The average molecular weight is 186 g/mol. The Kier molecular flexibility index (Phi) is 7.99. The van der Waals surface area contributed by atoms with Crippen molar-refractivity contribution in [2.45, 2.75) is 31.8 Å². The van der Waals surface area contributed by atoms with Crippen LogP contribution < -0.4 is 11.1 Å². The van der Waals surface area contributed by atoms with Gasteiger partial charge in [-0.15, -0.1) is 6.58 Å². The summed E-state index contributed by atoms with van der Waals surface area (Å²) in [5, 5.41) is 3.40. The molecule has 0 rings (SSSR count). The largest absolute Gasteiger partial charge is 0.383 e. The van der Waals surface area contributed by atoms with Gasteiger partial charge in [-0.05, 0) is 26.3 Å². The molecule has 2 atom stereocenters. The highest BCUT2D eigenvalue weighted by molar-refractivity contribution is 4.84. The molecule has 3 N–H and O–H groups in total. The van der Waals surface area contributed by atoms with Gasteiger partial charge in [-0.1, -0.05) is 6.08 Å². The molecule has 3 nitrogen and oxygen atoms in total. The van der Waals surface area contributed by atoms with E-state index in [1.54, 1.807) is 7.11 Å². The van der Waals surface area contributed by atoms with Gasteiger partial charge in [-0.3, -0.25) is 0 Å². The predicted octanol–water partition coefficient (Wildman–Crippen LogP) is 0.904. The fourth-order valence-corrected chi connectivity index (χ4v) is 1.22. The number of hydrogen-bond acceptors (Lipinski definition) is 3. The highest BCUT2D eigenvalue weighted by atomic mass is 16.5. The van der Waals surface area contributed by atoms with Crippen LogP contribution >= 0.6 is 0 Å². The van der Waals surface area contributed by atoms with E-state index in [1.807, 2.05) is 6.08 Å². The Morgan fingerprint density at radius 2 is 2.31 bits per heavy atom. The van der Waals surface area contributed by atoms with Gasteiger partial charge in [0.05, 0.1) is 6.61 Å². The van der Waals surface area contributed by atoms with E-state index in [-0.39, 0.29) is 0 Å². The first-order valence-electron chi connectivity index (χ1n) is 4.82. The summed E-state index contributed by atoms with van der Waals surface area (Å²) in [6.07, 6.45) is 3.98. The van der Waals surface area contributed by atoms with Crippen molar-refractivity contribution in [2.24, 2.45) is 5.73 Å². The Bertz CT molecular complexity index is 128. The zero-order valence-corrected chi connectivity index (χ0v) is 8.75. The molecule has 0 fully saturated rings. The fraction of sp³-hybridized carbons (Fsp3) is 0.800. The monoisotopic (exact) mass is 186 g/mol. The number of nitrogens with two attached hydrogens (primary N) is 1. The predicted molar refractivity (Wildman–Crippen MR) is 56.7 cm³/mol. The smallest absolute Gasteiger partial charge is 0.0616 e. The van der Waals surface area contributed by atoms with E-state index in [4.69, 9.17) is 10.5 Å². The molecule has 0 spiro atoms. The van der Waals surface area contributed by atoms with Crippen LogP contribution in [0.3, 0.4) is 0 Å². The molecule has 0 heterocycles. The molecule has 0 amide bonds. The van der Waals surface area contributed by atoms with Gasteiger partial charge < -0.3 is 15.8 Å². The van der Waals surface area contributed by atoms with Crippen molar-refractivity contribution in [3.05, 3.63) is 12.7 Å². The van der Waals surface area contributed by atoms with Gasteiger partial charge in [0.25, 0.3) is 0 Å². The van der Waals surface area contributed by atoms with Crippen LogP contribution in [0.2, 0.25) is 0 Å². The van der Waals surface area contributed by atoms with Gasteiger partial charge in [0.15, 0.2) is 0 Å². The minimum Gasteiger partial charge on any atom is -0.383 e. The highest BCUT2D eigenvalue weighted by Gasteiger charge is 2.08. The topological polar surface area (TPSA) is 47.3 Å².